The van der Waals surface area contributed by atoms with Crippen molar-refractivity contribution in [2.24, 2.45) is 0 Å². The molecule has 0 atom stereocenters. The molecule has 0 aliphatic heterocycles. The first-order valence-electron chi connectivity index (χ1n) is 6.65. The van der Waals surface area contributed by atoms with Gasteiger partial charge in [0.05, 0.1) is 10.7 Å². The number of fused-ring (bicyclic) bond motifs is 1. The van der Waals surface area contributed by atoms with Crippen LogP contribution < -0.4 is 5.73 Å². The Morgan fingerprint density at radius 1 is 1.26 bits per heavy atom. The molecular weight excluding hydrogens is 353 g/mol. The summed E-state index contributed by atoms with van der Waals surface area (Å²) < 4.78 is 0. The van der Waals surface area contributed by atoms with Gasteiger partial charge in [0.25, 0.3) is 0 Å². The standard InChI is InChI=1S/C16H11Cl2N3OS/c1-8(22)2-4-10-7-12-14(20-16(19)21-15(12)23-10)11-5-3-9(17)6-13(11)18/h2-7H,1H3,(H2,19,20,21)/b4-2+. The maximum Gasteiger partial charge on any atom is 0.221 e. The highest BCUT2D eigenvalue weighted by Crippen LogP contribution is 2.36. The monoisotopic (exact) mass is 363 g/mol. The highest BCUT2D eigenvalue weighted by atomic mass is 35.5. The molecule has 7 heteroatoms. The van der Waals surface area contributed by atoms with E-state index in [0.717, 1.165) is 20.7 Å². The lowest BCUT2D eigenvalue weighted by molar-refractivity contribution is -0.112. The lowest BCUT2D eigenvalue weighted by Crippen LogP contribution is -1.96. The molecule has 3 rings (SSSR count). The third-order valence-corrected chi connectivity index (χ3v) is 4.64. The van der Waals surface area contributed by atoms with Crippen LogP contribution in [0.2, 0.25) is 10.0 Å². The van der Waals surface area contributed by atoms with Crippen LogP contribution in [-0.2, 0) is 4.79 Å². The van der Waals surface area contributed by atoms with Crippen LogP contribution in [0.5, 0.6) is 0 Å². The minimum absolute atomic E-state index is 0.0194. The van der Waals surface area contributed by atoms with Gasteiger partial charge in [-0.05, 0) is 43.3 Å². The van der Waals surface area contributed by atoms with Crippen molar-refractivity contribution in [2.75, 3.05) is 5.73 Å². The van der Waals surface area contributed by atoms with Gasteiger partial charge in [-0.1, -0.05) is 23.2 Å². The molecular formula is C16H11Cl2N3OS. The molecule has 116 valence electrons. The molecule has 0 saturated carbocycles. The number of ketones is 1. The van der Waals surface area contributed by atoms with Crippen molar-refractivity contribution >= 4 is 62.6 Å². The summed E-state index contributed by atoms with van der Waals surface area (Å²) in [4.78, 5) is 21.3. The van der Waals surface area contributed by atoms with Gasteiger partial charge in [0.2, 0.25) is 5.95 Å². The van der Waals surface area contributed by atoms with Gasteiger partial charge in [0.1, 0.15) is 4.83 Å². The number of rotatable bonds is 3. The van der Waals surface area contributed by atoms with Crippen molar-refractivity contribution in [3.8, 4) is 11.3 Å². The Labute approximate surface area is 146 Å². The summed E-state index contributed by atoms with van der Waals surface area (Å²) in [7, 11) is 0. The molecule has 0 spiro atoms. The number of thiophene rings is 1. The number of halogens is 2. The number of nitrogens with two attached hydrogens (primary N) is 1. The van der Waals surface area contributed by atoms with Gasteiger partial charge < -0.3 is 5.73 Å². The predicted molar refractivity (Wildman–Crippen MR) is 97.0 cm³/mol. The molecule has 1 aromatic carbocycles. The zero-order valence-corrected chi connectivity index (χ0v) is 14.3. The first-order chi connectivity index (χ1) is 10.9. The van der Waals surface area contributed by atoms with Gasteiger partial charge in [-0.2, -0.15) is 0 Å². The van der Waals surface area contributed by atoms with Crippen LogP contribution in [0.1, 0.15) is 11.8 Å². The van der Waals surface area contributed by atoms with Crippen molar-refractivity contribution in [1.29, 1.82) is 0 Å². The van der Waals surface area contributed by atoms with Crippen molar-refractivity contribution < 1.29 is 4.79 Å². The fourth-order valence-electron chi connectivity index (χ4n) is 2.13. The fraction of sp³-hybridized carbons (Fsp3) is 0.0625. The maximum absolute atomic E-state index is 11.1. The SMILES string of the molecule is CC(=O)/C=C/c1cc2c(-c3ccc(Cl)cc3Cl)nc(N)nc2s1. The van der Waals surface area contributed by atoms with Gasteiger partial charge in [-0.15, -0.1) is 11.3 Å². The molecule has 0 aliphatic rings. The Morgan fingerprint density at radius 3 is 2.74 bits per heavy atom. The average Bonchev–Trinajstić information content (AvgIpc) is 2.87. The number of hydrogen-bond acceptors (Lipinski definition) is 5. The first kappa shape index (κ1) is 15.9. The van der Waals surface area contributed by atoms with Crippen molar-refractivity contribution in [1.82, 2.24) is 9.97 Å². The molecule has 0 unspecified atom stereocenters. The van der Waals surface area contributed by atoms with Crippen molar-refractivity contribution in [2.45, 2.75) is 6.92 Å². The van der Waals surface area contributed by atoms with E-state index < -0.39 is 0 Å². The summed E-state index contributed by atoms with van der Waals surface area (Å²) in [5, 5.41) is 1.87. The lowest BCUT2D eigenvalue weighted by Gasteiger charge is -2.06. The van der Waals surface area contributed by atoms with Gasteiger partial charge in [0.15, 0.2) is 5.78 Å². The Balaban J connectivity index is 2.21. The minimum Gasteiger partial charge on any atom is -0.368 e. The van der Waals surface area contributed by atoms with Crippen molar-refractivity contribution in [3.05, 3.63) is 45.3 Å². The first-order valence-corrected chi connectivity index (χ1v) is 8.22. The molecule has 2 aromatic heterocycles. The Morgan fingerprint density at radius 2 is 2.04 bits per heavy atom. The van der Waals surface area contributed by atoms with Gasteiger partial charge in [-0.3, -0.25) is 4.79 Å². The van der Waals surface area contributed by atoms with Gasteiger partial charge in [-0.25, -0.2) is 9.97 Å². The lowest BCUT2D eigenvalue weighted by atomic mass is 10.1. The summed E-state index contributed by atoms with van der Waals surface area (Å²) in [6, 6.07) is 7.12. The summed E-state index contributed by atoms with van der Waals surface area (Å²) in [5.74, 6) is 0.150. The second-order valence-electron chi connectivity index (χ2n) is 4.87. The van der Waals surface area contributed by atoms with E-state index in [2.05, 4.69) is 9.97 Å². The van der Waals surface area contributed by atoms with E-state index in [1.165, 1.54) is 24.3 Å². The fourth-order valence-corrected chi connectivity index (χ4v) is 3.56. The molecule has 0 amide bonds. The Hall–Kier alpha value is -1.95. The quantitative estimate of drug-likeness (QED) is 0.675. The zero-order chi connectivity index (χ0) is 16.6. The molecule has 2 heterocycles. The normalized spacial score (nSPS) is 11.4. The number of nitrogen functional groups attached to an aromatic ring is 1. The van der Waals surface area contributed by atoms with E-state index in [4.69, 9.17) is 28.9 Å². The molecule has 0 fully saturated rings. The van der Waals surface area contributed by atoms with Gasteiger partial charge >= 0.3 is 0 Å². The summed E-state index contributed by atoms with van der Waals surface area (Å²) in [6.07, 6.45) is 3.26. The highest BCUT2D eigenvalue weighted by Gasteiger charge is 2.14. The number of allylic oxidation sites excluding steroid dienone is 1. The summed E-state index contributed by atoms with van der Waals surface area (Å²) in [6.45, 7) is 1.50. The summed E-state index contributed by atoms with van der Waals surface area (Å²) in [5.41, 5.74) is 7.19. The van der Waals surface area contributed by atoms with E-state index in [1.807, 2.05) is 6.07 Å². The smallest absolute Gasteiger partial charge is 0.221 e. The topological polar surface area (TPSA) is 68.9 Å². The van der Waals surface area contributed by atoms with E-state index >= 15 is 0 Å². The average molecular weight is 364 g/mol. The van der Waals surface area contributed by atoms with E-state index in [9.17, 15) is 4.79 Å². The number of carbonyl (C=O) groups is 1. The van der Waals surface area contributed by atoms with Crippen LogP contribution in [0, 0.1) is 0 Å². The molecule has 0 bridgehead atoms. The third-order valence-electron chi connectivity index (χ3n) is 3.10. The van der Waals surface area contributed by atoms with Crippen LogP contribution in [0.3, 0.4) is 0 Å². The van der Waals surface area contributed by atoms with E-state index in [0.29, 0.717) is 15.7 Å². The molecule has 23 heavy (non-hydrogen) atoms. The number of nitrogens with zero attached hydrogens (tertiary/aromatic N) is 2. The zero-order valence-electron chi connectivity index (χ0n) is 12.0. The van der Waals surface area contributed by atoms with Crippen LogP contribution >= 0.6 is 34.5 Å². The molecule has 2 N–H and O–H groups in total. The minimum atomic E-state index is -0.0194. The maximum atomic E-state index is 11.1. The number of anilines is 1. The van der Waals surface area contributed by atoms with E-state index in [1.54, 1.807) is 24.3 Å². The molecule has 4 nitrogen and oxygen atoms in total. The second kappa shape index (κ2) is 6.28. The number of hydrogen-bond donors (Lipinski definition) is 1. The van der Waals surface area contributed by atoms with Gasteiger partial charge in [0, 0.05) is 20.8 Å². The summed E-state index contributed by atoms with van der Waals surface area (Å²) >= 11 is 13.7. The third kappa shape index (κ3) is 3.37. The van der Waals surface area contributed by atoms with Crippen LogP contribution in [0.15, 0.2) is 30.3 Å². The second-order valence-corrected chi connectivity index (χ2v) is 6.77. The molecule has 3 aromatic rings. The number of benzene rings is 1. The van der Waals surface area contributed by atoms with E-state index in [-0.39, 0.29) is 11.7 Å². The molecule has 0 radical (unpaired) electrons. The molecule has 0 aliphatic carbocycles. The van der Waals surface area contributed by atoms with Crippen LogP contribution in [0.25, 0.3) is 27.6 Å². The highest BCUT2D eigenvalue weighted by molar-refractivity contribution is 7.19. The number of aromatic nitrogens is 2. The largest absolute Gasteiger partial charge is 0.368 e. The molecule has 0 saturated heterocycles. The number of carbonyl (C=O) groups excluding carboxylic acids is 1. The van der Waals surface area contributed by atoms with Crippen LogP contribution in [0.4, 0.5) is 5.95 Å². The Kier molecular flexibility index (Phi) is 4.35. The van der Waals surface area contributed by atoms with Crippen molar-refractivity contribution in [3.63, 3.8) is 0 Å². The van der Waals surface area contributed by atoms with Crippen LogP contribution in [-0.4, -0.2) is 15.8 Å². The Bertz CT molecular complexity index is 950. The predicted octanol–water partition coefficient (Wildman–Crippen LogP) is 4.85.